The van der Waals surface area contributed by atoms with Crippen LogP contribution in [0.1, 0.15) is 17.4 Å². The normalized spacial score (nSPS) is 11.6. The number of carbonyl (C=O) groups is 2. The molecular formula is C10H13N3O4. The molecule has 7 heteroatoms. The van der Waals surface area contributed by atoms with Gasteiger partial charge in [-0.1, -0.05) is 6.92 Å². The molecule has 1 unspecified atom stereocenters. The van der Waals surface area contributed by atoms with Crippen molar-refractivity contribution >= 4 is 17.8 Å². The molecule has 0 fully saturated rings. The lowest BCUT2D eigenvalue weighted by molar-refractivity contribution is -0.140. The van der Waals surface area contributed by atoms with E-state index in [9.17, 15) is 9.59 Å². The molecule has 0 aliphatic rings. The lowest BCUT2D eigenvalue weighted by Gasteiger charge is -2.08. The minimum atomic E-state index is -0.908. The third-order valence-electron chi connectivity index (χ3n) is 2.04. The second kappa shape index (κ2) is 5.78. The van der Waals surface area contributed by atoms with E-state index in [-0.39, 0.29) is 12.2 Å². The van der Waals surface area contributed by atoms with Crippen LogP contribution in [0.5, 0.6) is 0 Å². The van der Waals surface area contributed by atoms with E-state index in [4.69, 9.17) is 5.11 Å². The maximum Gasteiger partial charge on any atom is 0.358 e. The summed E-state index contributed by atoms with van der Waals surface area (Å²) in [6.45, 7) is 1.77. The van der Waals surface area contributed by atoms with Crippen LogP contribution in [0.2, 0.25) is 0 Å². The first-order valence-corrected chi connectivity index (χ1v) is 4.91. The Labute approximate surface area is 97.8 Å². The van der Waals surface area contributed by atoms with Gasteiger partial charge >= 0.3 is 11.9 Å². The summed E-state index contributed by atoms with van der Waals surface area (Å²) in [7, 11) is 1.25. The highest BCUT2D eigenvalue weighted by molar-refractivity contribution is 5.87. The van der Waals surface area contributed by atoms with Gasteiger partial charge < -0.3 is 15.2 Å². The fraction of sp³-hybridized carbons (Fsp3) is 0.400. The van der Waals surface area contributed by atoms with Gasteiger partial charge in [0.15, 0.2) is 5.69 Å². The molecule has 0 aliphatic heterocycles. The van der Waals surface area contributed by atoms with Crippen molar-refractivity contribution in [3.63, 3.8) is 0 Å². The number of carboxylic acid groups (broad SMARTS) is 1. The Kier molecular flexibility index (Phi) is 4.38. The molecule has 0 saturated heterocycles. The van der Waals surface area contributed by atoms with Crippen molar-refractivity contribution in [1.29, 1.82) is 0 Å². The summed E-state index contributed by atoms with van der Waals surface area (Å²) in [4.78, 5) is 29.5. The van der Waals surface area contributed by atoms with Crippen molar-refractivity contribution < 1.29 is 19.4 Å². The van der Waals surface area contributed by atoms with Crippen LogP contribution in [0, 0.1) is 5.92 Å². The molecule has 0 radical (unpaired) electrons. The SMILES string of the molecule is COC(=O)c1cncc(NCC(C)C(=O)O)n1. The molecule has 0 spiro atoms. The number of rotatable bonds is 5. The number of aliphatic carboxylic acids is 1. The first-order chi connectivity index (χ1) is 8.04. The second-order valence-electron chi connectivity index (χ2n) is 3.40. The smallest absolute Gasteiger partial charge is 0.358 e. The fourth-order valence-corrected chi connectivity index (χ4v) is 0.999. The number of nitrogens with one attached hydrogen (secondary N) is 1. The van der Waals surface area contributed by atoms with E-state index in [1.807, 2.05) is 0 Å². The van der Waals surface area contributed by atoms with E-state index < -0.39 is 17.9 Å². The Balaban J connectivity index is 2.66. The molecule has 0 amide bonds. The predicted octanol–water partition coefficient (Wildman–Crippen LogP) is 0.396. The Morgan fingerprint density at radius 2 is 2.24 bits per heavy atom. The third-order valence-corrected chi connectivity index (χ3v) is 2.04. The molecule has 0 saturated carbocycles. The zero-order chi connectivity index (χ0) is 12.8. The van der Waals surface area contributed by atoms with Crippen molar-refractivity contribution in [3.05, 3.63) is 18.1 Å². The summed E-state index contributed by atoms with van der Waals surface area (Å²) in [6, 6.07) is 0. The van der Waals surface area contributed by atoms with Gasteiger partial charge in [-0.2, -0.15) is 0 Å². The Hall–Kier alpha value is -2.18. The number of nitrogens with zero attached hydrogens (tertiary/aromatic N) is 2. The van der Waals surface area contributed by atoms with E-state index >= 15 is 0 Å². The zero-order valence-corrected chi connectivity index (χ0v) is 9.51. The minimum absolute atomic E-state index is 0.0699. The minimum Gasteiger partial charge on any atom is -0.481 e. The van der Waals surface area contributed by atoms with Crippen molar-refractivity contribution in [2.45, 2.75) is 6.92 Å². The van der Waals surface area contributed by atoms with Crippen molar-refractivity contribution in [1.82, 2.24) is 9.97 Å². The number of carboxylic acids is 1. The average molecular weight is 239 g/mol. The number of esters is 1. The number of anilines is 1. The largest absolute Gasteiger partial charge is 0.481 e. The Morgan fingerprint density at radius 3 is 2.82 bits per heavy atom. The molecule has 2 N–H and O–H groups in total. The number of carbonyl (C=O) groups excluding carboxylic acids is 1. The zero-order valence-electron chi connectivity index (χ0n) is 9.51. The molecule has 1 heterocycles. The van der Waals surface area contributed by atoms with Crippen LogP contribution in [0.3, 0.4) is 0 Å². The number of methoxy groups -OCH3 is 1. The molecule has 1 atom stereocenters. The van der Waals surface area contributed by atoms with Crippen molar-refractivity contribution in [2.24, 2.45) is 5.92 Å². The summed E-state index contributed by atoms with van der Waals surface area (Å²) >= 11 is 0. The predicted molar refractivity (Wildman–Crippen MR) is 58.7 cm³/mol. The van der Waals surface area contributed by atoms with Crippen LogP contribution in [-0.4, -0.2) is 40.7 Å². The van der Waals surface area contributed by atoms with E-state index in [0.29, 0.717) is 5.82 Å². The first-order valence-electron chi connectivity index (χ1n) is 4.91. The molecule has 7 nitrogen and oxygen atoms in total. The maximum atomic E-state index is 11.2. The van der Waals surface area contributed by atoms with Gasteiger partial charge in [0.2, 0.25) is 0 Å². The van der Waals surface area contributed by atoms with Gasteiger partial charge in [0.1, 0.15) is 5.82 Å². The van der Waals surface area contributed by atoms with Gasteiger partial charge in [0.25, 0.3) is 0 Å². The number of ether oxygens (including phenoxy) is 1. The molecular weight excluding hydrogens is 226 g/mol. The Morgan fingerprint density at radius 1 is 1.53 bits per heavy atom. The highest BCUT2D eigenvalue weighted by atomic mass is 16.5. The highest BCUT2D eigenvalue weighted by Gasteiger charge is 2.12. The fourth-order valence-electron chi connectivity index (χ4n) is 0.999. The standard InChI is InChI=1S/C10H13N3O4/c1-6(9(14)15)3-12-8-5-11-4-7(13-8)10(16)17-2/h4-6H,3H2,1-2H3,(H,12,13)(H,14,15). The molecule has 0 bridgehead atoms. The third kappa shape index (κ3) is 3.71. The van der Waals surface area contributed by atoms with Gasteiger partial charge in [-0.3, -0.25) is 9.78 Å². The van der Waals surface area contributed by atoms with Crippen LogP contribution < -0.4 is 5.32 Å². The summed E-state index contributed by atoms with van der Waals surface area (Å²) in [6.07, 6.45) is 2.68. The molecule has 1 aromatic heterocycles. The number of hydrogen-bond donors (Lipinski definition) is 2. The van der Waals surface area contributed by atoms with Crippen LogP contribution in [-0.2, 0) is 9.53 Å². The van der Waals surface area contributed by atoms with Crippen LogP contribution in [0.15, 0.2) is 12.4 Å². The van der Waals surface area contributed by atoms with Crippen molar-refractivity contribution in [3.8, 4) is 0 Å². The van der Waals surface area contributed by atoms with Gasteiger partial charge in [0.05, 0.1) is 25.4 Å². The van der Waals surface area contributed by atoms with Crippen LogP contribution in [0.4, 0.5) is 5.82 Å². The average Bonchev–Trinajstić information content (AvgIpc) is 2.35. The lowest BCUT2D eigenvalue weighted by atomic mass is 10.2. The molecule has 17 heavy (non-hydrogen) atoms. The van der Waals surface area contributed by atoms with Gasteiger partial charge in [-0.25, -0.2) is 9.78 Å². The Bertz CT molecular complexity index is 422. The molecule has 92 valence electrons. The summed E-state index contributed by atoms with van der Waals surface area (Å²) < 4.78 is 4.49. The summed E-state index contributed by atoms with van der Waals surface area (Å²) in [5, 5.41) is 11.5. The number of hydrogen-bond acceptors (Lipinski definition) is 6. The summed E-state index contributed by atoms with van der Waals surface area (Å²) in [5.74, 6) is -1.72. The van der Waals surface area contributed by atoms with Crippen LogP contribution >= 0.6 is 0 Å². The monoisotopic (exact) mass is 239 g/mol. The van der Waals surface area contributed by atoms with Crippen LogP contribution in [0.25, 0.3) is 0 Å². The van der Waals surface area contributed by atoms with E-state index in [0.717, 1.165) is 0 Å². The molecule has 0 aromatic carbocycles. The first kappa shape index (κ1) is 12.9. The van der Waals surface area contributed by atoms with E-state index in [1.165, 1.54) is 19.5 Å². The summed E-state index contributed by atoms with van der Waals surface area (Å²) in [5.41, 5.74) is 0.0699. The van der Waals surface area contributed by atoms with Gasteiger partial charge in [-0.15, -0.1) is 0 Å². The topological polar surface area (TPSA) is 101 Å². The highest BCUT2D eigenvalue weighted by Crippen LogP contribution is 2.05. The van der Waals surface area contributed by atoms with E-state index in [2.05, 4.69) is 20.0 Å². The van der Waals surface area contributed by atoms with Gasteiger partial charge in [0, 0.05) is 6.54 Å². The molecule has 0 aliphatic carbocycles. The lowest BCUT2D eigenvalue weighted by Crippen LogP contribution is -2.20. The molecule has 1 aromatic rings. The van der Waals surface area contributed by atoms with Gasteiger partial charge in [-0.05, 0) is 0 Å². The van der Waals surface area contributed by atoms with Crippen molar-refractivity contribution in [2.75, 3.05) is 19.0 Å². The van der Waals surface area contributed by atoms with E-state index in [1.54, 1.807) is 6.92 Å². The number of aromatic nitrogens is 2. The molecule has 1 rings (SSSR count). The maximum absolute atomic E-state index is 11.2. The quantitative estimate of drug-likeness (QED) is 0.717. The second-order valence-corrected chi connectivity index (χ2v) is 3.40.